The van der Waals surface area contributed by atoms with Crippen molar-refractivity contribution in [1.82, 2.24) is 14.4 Å². The lowest BCUT2D eigenvalue weighted by Crippen LogP contribution is -2.11. The van der Waals surface area contributed by atoms with Crippen LogP contribution in [0.3, 0.4) is 0 Å². The van der Waals surface area contributed by atoms with E-state index in [2.05, 4.69) is 25.9 Å². The topological polar surface area (TPSA) is 76.5 Å². The Balaban J connectivity index is 2.41. The molecule has 0 unspecified atom stereocenters. The molecule has 0 saturated heterocycles. The molecule has 108 valence electrons. The predicted molar refractivity (Wildman–Crippen MR) is 81.7 cm³/mol. The Morgan fingerprint density at radius 2 is 2.24 bits per heavy atom. The Kier molecular flexibility index (Phi) is 3.29. The van der Waals surface area contributed by atoms with E-state index in [9.17, 15) is 9.59 Å². The smallest absolute Gasteiger partial charge is 0.358 e. The van der Waals surface area contributed by atoms with Crippen LogP contribution < -0.4 is 5.56 Å². The molecule has 6 nitrogen and oxygen atoms in total. The summed E-state index contributed by atoms with van der Waals surface area (Å²) in [5, 5.41) is 0. The first-order chi connectivity index (χ1) is 10.0. The normalized spacial score (nSPS) is 11.2. The summed E-state index contributed by atoms with van der Waals surface area (Å²) >= 11 is 3.37. The Hall–Kier alpha value is -2.15. The van der Waals surface area contributed by atoms with Crippen molar-refractivity contribution in [2.24, 2.45) is 0 Å². The molecule has 3 rings (SSSR count). The van der Waals surface area contributed by atoms with Crippen LogP contribution in [0.25, 0.3) is 16.7 Å². The van der Waals surface area contributed by atoms with E-state index in [4.69, 9.17) is 4.74 Å². The number of aromatic nitrogens is 3. The highest BCUT2D eigenvalue weighted by atomic mass is 79.9. The molecule has 0 aliphatic rings. The number of fused-ring (bicyclic) bond motifs is 3. The molecule has 1 aromatic carbocycles. The van der Waals surface area contributed by atoms with E-state index in [0.29, 0.717) is 11.2 Å². The molecule has 2 heterocycles. The van der Waals surface area contributed by atoms with E-state index < -0.39 is 5.97 Å². The van der Waals surface area contributed by atoms with Gasteiger partial charge in [0.1, 0.15) is 0 Å². The second-order valence-electron chi connectivity index (χ2n) is 4.54. The molecule has 0 spiro atoms. The van der Waals surface area contributed by atoms with Crippen molar-refractivity contribution < 1.29 is 9.53 Å². The fourth-order valence-electron chi connectivity index (χ4n) is 2.32. The SMILES string of the molecule is CCOC(=O)c1nc2c(=O)[nH]c3cc(Br)ccc3n2c1C. The maximum Gasteiger partial charge on any atom is 0.358 e. The second kappa shape index (κ2) is 5.00. The number of H-pyrrole nitrogens is 1. The average molecular weight is 350 g/mol. The molecule has 7 heteroatoms. The van der Waals surface area contributed by atoms with Gasteiger partial charge >= 0.3 is 5.97 Å². The van der Waals surface area contributed by atoms with E-state index in [1.165, 1.54) is 0 Å². The molecular formula is C14H12BrN3O3. The third kappa shape index (κ3) is 2.13. The molecule has 3 aromatic rings. The van der Waals surface area contributed by atoms with E-state index in [1.54, 1.807) is 24.3 Å². The quantitative estimate of drug-likeness (QED) is 0.720. The molecule has 0 amide bonds. The minimum atomic E-state index is -0.525. The van der Waals surface area contributed by atoms with Crippen molar-refractivity contribution in [1.29, 1.82) is 0 Å². The number of carbonyl (C=O) groups is 1. The van der Waals surface area contributed by atoms with Crippen LogP contribution in [-0.2, 0) is 4.74 Å². The zero-order valence-corrected chi connectivity index (χ0v) is 13.0. The molecule has 0 aliphatic heterocycles. The van der Waals surface area contributed by atoms with Crippen LogP contribution in [0.4, 0.5) is 0 Å². The van der Waals surface area contributed by atoms with Gasteiger partial charge in [0.25, 0.3) is 5.56 Å². The molecule has 1 N–H and O–H groups in total. The van der Waals surface area contributed by atoms with Crippen molar-refractivity contribution >= 4 is 38.6 Å². The molecule has 21 heavy (non-hydrogen) atoms. The lowest BCUT2D eigenvalue weighted by atomic mass is 10.3. The highest BCUT2D eigenvalue weighted by Crippen LogP contribution is 2.20. The highest BCUT2D eigenvalue weighted by molar-refractivity contribution is 9.10. The zero-order valence-electron chi connectivity index (χ0n) is 11.4. The second-order valence-corrected chi connectivity index (χ2v) is 5.46. The largest absolute Gasteiger partial charge is 0.461 e. The number of hydrogen-bond donors (Lipinski definition) is 1. The first-order valence-corrected chi connectivity index (χ1v) is 7.20. The summed E-state index contributed by atoms with van der Waals surface area (Å²) in [7, 11) is 0. The van der Waals surface area contributed by atoms with Gasteiger partial charge in [-0.2, -0.15) is 0 Å². The van der Waals surface area contributed by atoms with Crippen LogP contribution in [0.1, 0.15) is 23.1 Å². The third-order valence-corrected chi connectivity index (χ3v) is 3.72. The number of esters is 1. The standard InChI is InChI=1S/C14H12BrN3O3/c1-3-21-14(20)11-7(2)18-10-5-4-8(15)6-9(10)16-13(19)12(18)17-11/h4-6H,3H2,1-2H3,(H,16,19). The van der Waals surface area contributed by atoms with E-state index >= 15 is 0 Å². The maximum atomic E-state index is 12.1. The molecule has 0 fully saturated rings. The minimum absolute atomic E-state index is 0.165. The third-order valence-electron chi connectivity index (χ3n) is 3.23. The number of nitrogens with zero attached hydrogens (tertiary/aromatic N) is 2. The number of ether oxygens (including phenoxy) is 1. The van der Waals surface area contributed by atoms with Gasteiger partial charge in [-0.05, 0) is 32.0 Å². The van der Waals surface area contributed by atoms with Crippen molar-refractivity contribution in [3.63, 3.8) is 0 Å². The van der Waals surface area contributed by atoms with Gasteiger partial charge in [0.05, 0.1) is 23.3 Å². The summed E-state index contributed by atoms with van der Waals surface area (Å²) in [6, 6.07) is 5.52. The number of carbonyl (C=O) groups excluding carboxylic acids is 1. The summed E-state index contributed by atoms with van der Waals surface area (Å²) < 4.78 is 7.50. The molecule has 0 atom stereocenters. The highest BCUT2D eigenvalue weighted by Gasteiger charge is 2.20. The van der Waals surface area contributed by atoms with Crippen LogP contribution >= 0.6 is 15.9 Å². The number of halogens is 1. The average Bonchev–Trinajstić information content (AvgIpc) is 2.78. The zero-order chi connectivity index (χ0) is 15.1. The van der Waals surface area contributed by atoms with Gasteiger partial charge in [-0.3, -0.25) is 9.20 Å². The van der Waals surface area contributed by atoms with Crippen LogP contribution in [0.5, 0.6) is 0 Å². The van der Waals surface area contributed by atoms with Gasteiger partial charge in [-0.1, -0.05) is 15.9 Å². The van der Waals surface area contributed by atoms with Crippen LogP contribution in [0, 0.1) is 6.92 Å². The minimum Gasteiger partial charge on any atom is -0.461 e. The van der Waals surface area contributed by atoms with Gasteiger partial charge in [-0.25, -0.2) is 9.78 Å². The molecule has 0 radical (unpaired) electrons. The number of aromatic amines is 1. The first kappa shape index (κ1) is 13.8. The number of aryl methyl sites for hydroxylation is 1. The Labute approximate surface area is 127 Å². The number of nitrogens with one attached hydrogen (secondary N) is 1. The summed E-state index contributed by atoms with van der Waals surface area (Å²) in [5.41, 5.74) is 2.02. The van der Waals surface area contributed by atoms with Crippen molar-refractivity contribution in [2.45, 2.75) is 13.8 Å². The molecule has 2 aromatic heterocycles. The Bertz CT molecular complexity index is 926. The van der Waals surface area contributed by atoms with Crippen LogP contribution in [-0.4, -0.2) is 26.9 Å². The first-order valence-electron chi connectivity index (χ1n) is 6.40. The number of benzene rings is 1. The summed E-state index contributed by atoms with van der Waals surface area (Å²) in [4.78, 5) is 31.0. The van der Waals surface area contributed by atoms with Gasteiger partial charge in [0.2, 0.25) is 5.65 Å². The predicted octanol–water partition coefficient (Wildman–Crippen LogP) is 2.42. The lowest BCUT2D eigenvalue weighted by Gasteiger charge is -2.04. The van der Waals surface area contributed by atoms with Crippen LogP contribution in [0.15, 0.2) is 27.5 Å². The Morgan fingerprint density at radius 1 is 1.48 bits per heavy atom. The fourth-order valence-corrected chi connectivity index (χ4v) is 2.68. The number of imidazole rings is 1. The molecular weight excluding hydrogens is 338 g/mol. The van der Waals surface area contributed by atoms with Crippen molar-refractivity contribution in [3.05, 3.63) is 44.4 Å². The van der Waals surface area contributed by atoms with Crippen molar-refractivity contribution in [2.75, 3.05) is 6.61 Å². The maximum absolute atomic E-state index is 12.1. The van der Waals surface area contributed by atoms with Gasteiger partial charge < -0.3 is 9.72 Å². The van der Waals surface area contributed by atoms with Gasteiger partial charge in [-0.15, -0.1) is 0 Å². The van der Waals surface area contributed by atoms with E-state index in [0.717, 1.165) is 9.99 Å². The summed E-state index contributed by atoms with van der Waals surface area (Å²) in [6.45, 7) is 3.73. The van der Waals surface area contributed by atoms with E-state index in [1.807, 2.05) is 12.1 Å². The van der Waals surface area contributed by atoms with Gasteiger partial charge in [0, 0.05) is 4.47 Å². The summed E-state index contributed by atoms with van der Waals surface area (Å²) in [5.74, 6) is -0.525. The lowest BCUT2D eigenvalue weighted by molar-refractivity contribution is 0.0519. The van der Waals surface area contributed by atoms with Crippen molar-refractivity contribution in [3.8, 4) is 0 Å². The fraction of sp³-hybridized carbons (Fsp3) is 0.214. The monoisotopic (exact) mass is 349 g/mol. The molecule has 0 saturated carbocycles. The van der Waals surface area contributed by atoms with Crippen LogP contribution in [0.2, 0.25) is 0 Å². The molecule has 0 aliphatic carbocycles. The Morgan fingerprint density at radius 3 is 2.95 bits per heavy atom. The number of hydrogen-bond acceptors (Lipinski definition) is 4. The van der Waals surface area contributed by atoms with Gasteiger partial charge in [0.15, 0.2) is 5.69 Å². The number of rotatable bonds is 2. The van der Waals surface area contributed by atoms with E-state index in [-0.39, 0.29) is 23.5 Å². The summed E-state index contributed by atoms with van der Waals surface area (Å²) in [6.07, 6.45) is 0. The molecule has 0 bridgehead atoms.